The quantitative estimate of drug-likeness (QED) is 0.430. The molecule has 1 rings (SSSR count). The Bertz CT molecular complexity index is 342. The summed E-state index contributed by atoms with van der Waals surface area (Å²) in [4.78, 5) is 8.18. The van der Waals surface area contributed by atoms with E-state index in [0.29, 0.717) is 18.3 Å². The van der Waals surface area contributed by atoms with Gasteiger partial charge in [-0.25, -0.2) is 10.8 Å². The molecule has 6 nitrogen and oxygen atoms in total. The van der Waals surface area contributed by atoms with Gasteiger partial charge in [0.2, 0.25) is 5.95 Å². The summed E-state index contributed by atoms with van der Waals surface area (Å²) < 4.78 is 0. The lowest BCUT2D eigenvalue weighted by Crippen LogP contribution is -2.25. The molecule has 1 aromatic heterocycles. The summed E-state index contributed by atoms with van der Waals surface area (Å²) in [6, 6.07) is 1.80. The first-order valence-corrected chi connectivity index (χ1v) is 5.27. The minimum atomic E-state index is -0.399. The molecule has 1 atom stereocenters. The van der Waals surface area contributed by atoms with Crippen LogP contribution in [-0.4, -0.2) is 27.7 Å². The van der Waals surface area contributed by atoms with E-state index in [1.165, 1.54) is 0 Å². The molecule has 0 saturated heterocycles. The maximum absolute atomic E-state index is 9.64. The minimum absolute atomic E-state index is 0.211. The summed E-state index contributed by atoms with van der Waals surface area (Å²) in [7, 11) is 0. The van der Waals surface area contributed by atoms with Gasteiger partial charge in [-0.3, -0.25) is 5.43 Å². The van der Waals surface area contributed by atoms with Crippen molar-refractivity contribution in [1.82, 2.24) is 9.97 Å². The number of nitrogens with zero attached hydrogens (tertiary/aromatic N) is 2. The number of aryl methyl sites for hydroxylation is 1. The number of nitrogens with one attached hydrogen (secondary N) is 2. The first-order valence-electron chi connectivity index (χ1n) is 5.27. The SMILES string of the molecule is Cc1cc(NCC(O)C(C)C)nc(NN)n1. The molecule has 1 heterocycles. The predicted molar refractivity (Wildman–Crippen MR) is 63.9 cm³/mol. The second kappa shape index (κ2) is 5.62. The Kier molecular flexibility index (Phi) is 4.45. The van der Waals surface area contributed by atoms with E-state index in [9.17, 15) is 5.11 Å². The van der Waals surface area contributed by atoms with Gasteiger partial charge in [-0.15, -0.1) is 0 Å². The molecule has 16 heavy (non-hydrogen) atoms. The molecular weight excluding hydrogens is 206 g/mol. The van der Waals surface area contributed by atoms with Crippen molar-refractivity contribution >= 4 is 11.8 Å². The Morgan fingerprint density at radius 1 is 1.44 bits per heavy atom. The zero-order valence-corrected chi connectivity index (χ0v) is 9.86. The molecule has 1 aromatic rings. The van der Waals surface area contributed by atoms with Gasteiger partial charge in [-0.2, -0.15) is 4.98 Å². The molecule has 6 heteroatoms. The van der Waals surface area contributed by atoms with E-state index in [-0.39, 0.29) is 5.92 Å². The average Bonchev–Trinajstić information content (AvgIpc) is 2.24. The Labute approximate surface area is 95.3 Å². The van der Waals surface area contributed by atoms with E-state index in [4.69, 9.17) is 5.84 Å². The Morgan fingerprint density at radius 3 is 2.69 bits per heavy atom. The molecule has 0 aromatic carbocycles. The van der Waals surface area contributed by atoms with Gasteiger partial charge in [0.05, 0.1) is 6.10 Å². The van der Waals surface area contributed by atoms with Gasteiger partial charge in [-0.05, 0) is 12.8 Å². The number of nitrogens with two attached hydrogens (primary N) is 1. The van der Waals surface area contributed by atoms with Crippen LogP contribution in [0.4, 0.5) is 11.8 Å². The molecule has 1 unspecified atom stereocenters. The van der Waals surface area contributed by atoms with Crippen LogP contribution in [-0.2, 0) is 0 Å². The summed E-state index contributed by atoms with van der Waals surface area (Å²) in [5, 5.41) is 12.7. The predicted octanol–water partition coefficient (Wildman–Crippen LogP) is 0.499. The first kappa shape index (κ1) is 12.7. The zero-order chi connectivity index (χ0) is 12.1. The molecule has 0 aliphatic carbocycles. The molecule has 0 aliphatic heterocycles. The smallest absolute Gasteiger partial charge is 0.239 e. The lowest BCUT2D eigenvalue weighted by Gasteiger charge is -2.15. The van der Waals surface area contributed by atoms with Gasteiger partial charge in [0.25, 0.3) is 0 Å². The van der Waals surface area contributed by atoms with E-state index < -0.39 is 6.10 Å². The highest BCUT2D eigenvalue weighted by Gasteiger charge is 2.09. The fraction of sp³-hybridized carbons (Fsp3) is 0.600. The molecule has 0 saturated carbocycles. The van der Waals surface area contributed by atoms with Gasteiger partial charge in [0, 0.05) is 18.3 Å². The van der Waals surface area contributed by atoms with E-state index >= 15 is 0 Å². The van der Waals surface area contributed by atoms with Gasteiger partial charge < -0.3 is 10.4 Å². The highest BCUT2D eigenvalue weighted by molar-refractivity contribution is 5.41. The van der Waals surface area contributed by atoms with Crippen molar-refractivity contribution in [2.24, 2.45) is 11.8 Å². The molecular formula is C10H19N5O. The summed E-state index contributed by atoms with van der Waals surface area (Å²) in [5.41, 5.74) is 3.20. The van der Waals surface area contributed by atoms with Crippen molar-refractivity contribution in [3.05, 3.63) is 11.8 Å². The molecule has 0 spiro atoms. The maximum atomic E-state index is 9.64. The van der Waals surface area contributed by atoms with Crippen molar-refractivity contribution in [3.8, 4) is 0 Å². The van der Waals surface area contributed by atoms with Crippen molar-refractivity contribution in [2.75, 3.05) is 17.3 Å². The number of aromatic nitrogens is 2. The van der Waals surface area contributed by atoms with Crippen LogP contribution in [0.15, 0.2) is 6.07 Å². The van der Waals surface area contributed by atoms with Crippen LogP contribution in [0.5, 0.6) is 0 Å². The molecule has 0 fully saturated rings. The summed E-state index contributed by atoms with van der Waals surface area (Å²) in [5.74, 6) is 6.47. The molecule has 0 amide bonds. The van der Waals surface area contributed by atoms with Crippen LogP contribution in [0, 0.1) is 12.8 Å². The van der Waals surface area contributed by atoms with Gasteiger partial charge in [0.1, 0.15) is 5.82 Å². The molecule has 0 aliphatic rings. The highest BCUT2D eigenvalue weighted by atomic mass is 16.3. The number of nitrogen functional groups attached to an aromatic ring is 1. The fourth-order valence-corrected chi connectivity index (χ4v) is 1.17. The van der Waals surface area contributed by atoms with Crippen LogP contribution < -0.4 is 16.6 Å². The fourth-order valence-electron chi connectivity index (χ4n) is 1.17. The number of aliphatic hydroxyl groups excluding tert-OH is 1. The number of rotatable bonds is 5. The summed E-state index contributed by atoms with van der Waals surface area (Å²) in [6.07, 6.45) is -0.399. The van der Waals surface area contributed by atoms with Crippen molar-refractivity contribution < 1.29 is 5.11 Å². The average molecular weight is 225 g/mol. The molecule has 0 radical (unpaired) electrons. The zero-order valence-electron chi connectivity index (χ0n) is 9.86. The molecule has 5 N–H and O–H groups in total. The van der Waals surface area contributed by atoms with E-state index in [1.54, 1.807) is 6.07 Å². The largest absolute Gasteiger partial charge is 0.391 e. The van der Waals surface area contributed by atoms with Crippen LogP contribution in [0.1, 0.15) is 19.5 Å². The van der Waals surface area contributed by atoms with E-state index in [2.05, 4.69) is 20.7 Å². The highest BCUT2D eigenvalue weighted by Crippen LogP contribution is 2.09. The van der Waals surface area contributed by atoms with Crippen molar-refractivity contribution in [3.63, 3.8) is 0 Å². The number of aliphatic hydroxyl groups is 1. The van der Waals surface area contributed by atoms with Gasteiger partial charge in [0.15, 0.2) is 0 Å². The Balaban J connectivity index is 2.63. The number of hydrogen-bond acceptors (Lipinski definition) is 6. The third-order valence-corrected chi connectivity index (χ3v) is 2.25. The van der Waals surface area contributed by atoms with E-state index in [0.717, 1.165) is 5.69 Å². The molecule has 90 valence electrons. The second-order valence-corrected chi connectivity index (χ2v) is 4.05. The normalized spacial score (nSPS) is 12.6. The molecule has 0 bridgehead atoms. The maximum Gasteiger partial charge on any atom is 0.239 e. The number of anilines is 2. The minimum Gasteiger partial charge on any atom is -0.391 e. The van der Waals surface area contributed by atoms with Crippen LogP contribution in [0.2, 0.25) is 0 Å². The number of hydrazine groups is 1. The standard InChI is InChI=1S/C10H19N5O/c1-6(2)8(16)5-12-9-4-7(3)13-10(14-9)15-11/h4,6,8,16H,5,11H2,1-3H3,(H2,12,13,14,15). The number of hydrogen-bond donors (Lipinski definition) is 4. The van der Waals surface area contributed by atoms with Crippen LogP contribution >= 0.6 is 0 Å². The second-order valence-electron chi connectivity index (χ2n) is 4.05. The van der Waals surface area contributed by atoms with Gasteiger partial charge in [-0.1, -0.05) is 13.8 Å². The lowest BCUT2D eigenvalue weighted by atomic mass is 10.1. The third kappa shape index (κ3) is 3.63. The Hall–Kier alpha value is -1.40. The third-order valence-electron chi connectivity index (χ3n) is 2.25. The lowest BCUT2D eigenvalue weighted by molar-refractivity contribution is 0.138. The summed E-state index contributed by atoms with van der Waals surface area (Å²) >= 11 is 0. The summed E-state index contributed by atoms with van der Waals surface area (Å²) in [6.45, 7) is 6.24. The Morgan fingerprint density at radius 2 is 2.12 bits per heavy atom. The monoisotopic (exact) mass is 225 g/mol. The first-order chi connectivity index (χ1) is 7.52. The van der Waals surface area contributed by atoms with Crippen molar-refractivity contribution in [1.29, 1.82) is 0 Å². The van der Waals surface area contributed by atoms with Crippen molar-refractivity contribution in [2.45, 2.75) is 26.9 Å². The van der Waals surface area contributed by atoms with Crippen LogP contribution in [0.3, 0.4) is 0 Å². The topological polar surface area (TPSA) is 96.1 Å². The van der Waals surface area contributed by atoms with Crippen LogP contribution in [0.25, 0.3) is 0 Å². The van der Waals surface area contributed by atoms with E-state index in [1.807, 2.05) is 20.8 Å². The van der Waals surface area contributed by atoms with Gasteiger partial charge >= 0.3 is 0 Å².